The molecule has 0 atom stereocenters. The van der Waals surface area contributed by atoms with Gasteiger partial charge in [0, 0.05) is 42.4 Å². The molecule has 0 fully saturated rings. The van der Waals surface area contributed by atoms with E-state index in [1.54, 1.807) is 24.4 Å². The van der Waals surface area contributed by atoms with Crippen molar-refractivity contribution in [3.05, 3.63) is 58.9 Å². The number of benzene rings is 2. The van der Waals surface area contributed by atoms with Crippen LogP contribution in [0.15, 0.2) is 48.8 Å². The van der Waals surface area contributed by atoms with E-state index in [4.69, 9.17) is 5.73 Å². The lowest BCUT2D eigenvalue weighted by Gasteiger charge is -1.97. The van der Waals surface area contributed by atoms with E-state index in [9.17, 15) is 19.7 Å². The third kappa shape index (κ3) is 3.56. The molecule has 2 aromatic heterocycles. The van der Waals surface area contributed by atoms with Gasteiger partial charge in [-0.1, -0.05) is 0 Å². The summed E-state index contributed by atoms with van der Waals surface area (Å²) in [6, 6.07) is 9.66. The van der Waals surface area contributed by atoms with Crippen LogP contribution in [0, 0.1) is 10.1 Å². The summed E-state index contributed by atoms with van der Waals surface area (Å²) in [7, 11) is 0. The highest BCUT2D eigenvalue weighted by atomic mass is 16.6. The maximum absolute atomic E-state index is 11.1. The number of fused-ring (bicyclic) bond motifs is 2. The monoisotopic (exact) mass is 380 g/mol. The molecule has 0 unspecified atom stereocenters. The second-order valence-corrected chi connectivity index (χ2v) is 5.97. The lowest BCUT2D eigenvalue weighted by molar-refractivity contribution is -0.384. The van der Waals surface area contributed by atoms with Crippen molar-refractivity contribution in [3.8, 4) is 0 Å². The zero-order chi connectivity index (χ0) is 20.4. The maximum Gasteiger partial charge on any atom is 0.271 e. The Morgan fingerprint density at radius 1 is 0.929 bits per heavy atom. The fourth-order valence-corrected chi connectivity index (χ4v) is 2.66. The molecule has 0 amide bonds. The Bertz CT molecular complexity index is 1220. The van der Waals surface area contributed by atoms with Crippen LogP contribution in [-0.4, -0.2) is 36.3 Å². The Kier molecular flexibility index (Phi) is 4.86. The second kappa shape index (κ2) is 7.27. The lowest BCUT2D eigenvalue weighted by Crippen LogP contribution is -2.06. The zero-order valence-electron chi connectivity index (χ0n) is 15.1. The van der Waals surface area contributed by atoms with Gasteiger partial charge in [-0.3, -0.25) is 19.7 Å². The molecule has 0 spiro atoms. The molecule has 2 N–H and O–H groups in total. The molecule has 0 radical (unpaired) electrons. The van der Waals surface area contributed by atoms with E-state index in [2.05, 4.69) is 10.2 Å². The number of nitrogens with zero attached hydrogens (tertiary/aromatic N) is 5. The predicted molar refractivity (Wildman–Crippen MR) is 103 cm³/mol. The number of rotatable bonds is 1. The van der Waals surface area contributed by atoms with E-state index in [-0.39, 0.29) is 17.5 Å². The van der Waals surface area contributed by atoms with Crippen LogP contribution >= 0.6 is 0 Å². The Morgan fingerprint density at radius 3 is 1.93 bits per heavy atom. The van der Waals surface area contributed by atoms with Crippen molar-refractivity contribution in [2.45, 2.75) is 13.8 Å². The molecule has 10 nitrogen and oxygen atoms in total. The molecule has 0 bridgehead atoms. The molecule has 4 rings (SSSR count). The number of hydrogen-bond acceptors (Lipinski definition) is 7. The van der Waals surface area contributed by atoms with Gasteiger partial charge >= 0.3 is 0 Å². The molecule has 4 aromatic rings. The summed E-state index contributed by atoms with van der Waals surface area (Å²) in [6.07, 6.45) is 3.15. The number of carbonyl (C=O) groups is 2. The molecule has 10 heteroatoms. The van der Waals surface area contributed by atoms with Gasteiger partial charge in [-0.15, -0.1) is 0 Å². The fourth-order valence-electron chi connectivity index (χ4n) is 2.66. The van der Waals surface area contributed by atoms with Gasteiger partial charge in [0.1, 0.15) is 0 Å². The van der Waals surface area contributed by atoms with Gasteiger partial charge in [-0.25, -0.2) is 9.36 Å². The molecular weight excluding hydrogens is 364 g/mol. The Hall–Kier alpha value is -4.08. The topological polar surface area (TPSA) is 139 Å². The highest BCUT2D eigenvalue weighted by Crippen LogP contribution is 2.20. The molecular formula is C18H16N6O4. The Morgan fingerprint density at radius 2 is 1.43 bits per heavy atom. The summed E-state index contributed by atoms with van der Waals surface area (Å²) in [5, 5.41) is 20.0. The first-order chi connectivity index (χ1) is 13.3. The highest BCUT2D eigenvalue weighted by Gasteiger charge is 2.11. The van der Waals surface area contributed by atoms with Crippen LogP contribution in [0.1, 0.15) is 23.4 Å². The minimum atomic E-state index is -0.503. The lowest BCUT2D eigenvalue weighted by atomic mass is 10.2. The average molecular weight is 380 g/mol. The van der Waals surface area contributed by atoms with E-state index in [0.717, 1.165) is 15.6 Å². The molecule has 0 saturated carbocycles. The first-order valence-electron chi connectivity index (χ1n) is 8.15. The number of nitro groups is 1. The van der Waals surface area contributed by atoms with Gasteiger partial charge in [0.05, 0.1) is 28.4 Å². The van der Waals surface area contributed by atoms with Gasteiger partial charge in [0.15, 0.2) is 0 Å². The number of hydrogen-bond donors (Lipinski definition) is 1. The van der Waals surface area contributed by atoms with Gasteiger partial charge in [-0.05, 0) is 24.3 Å². The molecule has 0 aliphatic rings. The van der Waals surface area contributed by atoms with Crippen molar-refractivity contribution in [2.24, 2.45) is 0 Å². The summed E-state index contributed by atoms with van der Waals surface area (Å²) >= 11 is 0. The standard InChI is InChI=1S/C9H7N3O3.C9H9N3O/c1-6(13)11-9-4-8(12(14)15)3-2-7(9)5-10-11;1-6(13)12-9-4-8(10)3-2-7(9)5-11-12/h2-5H,1H3;2-5H,10H2,1H3. The van der Waals surface area contributed by atoms with Crippen molar-refractivity contribution < 1.29 is 14.5 Å². The third-order valence-corrected chi connectivity index (χ3v) is 3.96. The van der Waals surface area contributed by atoms with Crippen LogP contribution < -0.4 is 5.73 Å². The van der Waals surface area contributed by atoms with Crippen LogP contribution in [0.2, 0.25) is 0 Å². The van der Waals surface area contributed by atoms with Gasteiger partial charge in [0.25, 0.3) is 5.69 Å². The number of aromatic nitrogens is 4. The minimum absolute atomic E-state index is 0.0505. The summed E-state index contributed by atoms with van der Waals surface area (Å²) in [6.45, 7) is 2.82. The van der Waals surface area contributed by atoms with E-state index < -0.39 is 4.92 Å². The van der Waals surface area contributed by atoms with E-state index in [0.29, 0.717) is 16.6 Å². The number of carbonyl (C=O) groups excluding carboxylic acids is 2. The molecule has 0 aliphatic carbocycles. The fraction of sp³-hybridized carbons (Fsp3) is 0.111. The van der Waals surface area contributed by atoms with E-state index >= 15 is 0 Å². The van der Waals surface area contributed by atoms with Crippen LogP contribution in [-0.2, 0) is 0 Å². The van der Waals surface area contributed by atoms with Gasteiger partial charge in [-0.2, -0.15) is 10.2 Å². The molecule has 0 aliphatic heterocycles. The minimum Gasteiger partial charge on any atom is -0.399 e. The van der Waals surface area contributed by atoms with Crippen LogP contribution in [0.3, 0.4) is 0 Å². The van der Waals surface area contributed by atoms with Crippen molar-refractivity contribution in [2.75, 3.05) is 5.73 Å². The summed E-state index contributed by atoms with van der Waals surface area (Å²) in [5.74, 6) is -0.383. The summed E-state index contributed by atoms with van der Waals surface area (Å²) < 4.78 is 2.48. The number of non-ortho nitro benzene ring substituents is 1. The molecule has 142 valence electrons. The van der Waals surface area contributed by atoms with Crippen molar-refractivity contribution >= 4 is 45.0 Å². The Balaban J connectivity index is 0.000000162. The highest BCUT2D eigenvalue weighted by molar-refractivity contribution is 5.91. The van der Waals surface area contributed by atoms with E-state index in [1.807, 2.05) is 6.07 Å². The number of nitrogen functional groups attached to an aromatic ring is 1. The van der Waals surface area contributed by atoms with Crippen molar-refractivity contribution in [1.29, 1.82) is 0 Å². The SMILES string of the molecule is CC(=O)n1ncc2ccc(N)cc21.CC(=O)n1ncc2ccc([N+](=O)[O-])cc21. The second-order valence-electron chi connectivity index (χ2n) is 5.97. The largest absolute Gasteiger partial charge is 0.399 e. The van der Waals surface area contributed by atoms with Gasteiger partial charge < -0.3 is 5.73 Å². The normalized spacial score (nSPS) is 10.5. The smallest absolute Gasteiger partial charge is 0.271 e. The summed E-state index contributed by atoms with van der Waals surface area (Å²) in [5.41, 5.74) is 7.40. The number of nitro benzene ring substituents is 1. The van der Waals surface area contributed by atoms with Crippen molar-refractivity contribution in [1.82, 2.24) is 19.6 Å². The molecule has 0 saturated heterocycles. The van der Waals surface area contributed by atoms with E-state index in [1.165, 1.54) is 36.9 Å². The molecule has 2 heterocycles. The Labute approximate surface area is 158 Å². The predicted octanol–water partition coefficient (Wildman–Crippen LogP) is 2.88. The van der Waals surface area contributed by atoms with Crippen LogP contribution in [0.5, 0.6) is 0 Å². The van der Waals surface area contributed by atoms with Crippen molar-refractivity contribution in [3.63, 3.8) is 0 Å². The summed E-state index contributed by atoms with van der Waals surface area (Å²) in [4.78, 5) is 32.3. The van der Waals surface area contributed by atoms with Crippen LogP contribution in [0.4, 0.5) is 11.4 Å². The molecule has 2 aromatic carbocycles. The molecule has 28 heavy (non-hydrogen) atoms. The first-order valence-corrected chi connectivity index (χ1v) is 8.15. The zero-order valence-corrected chi connectivity index (χ0v) is 15.1. The number of nitrogens with two attached hydrogens (primary N) is 1. The maximum atomic E-state index is 11.1. The van der Waals surface area contributed by atoms with Crippen LogP contribution in [0.25, 0.3) is 21.8 Å². The third-order valence-electron chi connectivity index (χ3n) is 3.96. The quantitative estimate of drug-likeness (QED) is 0.304. The average Bonchev–Trinajstić information content (AvgIpc) is 3.25. The first kappa shape index (κ1) is 18.7. The number of anilines is 1. The van der Waals surface area contributed by atoms with Gasteiger partial charge in [0.2, 0.25) is 11.8 Å².